The van der Waals surface area contributed by atoms with Crippen molar-refractivity contribution in [3.8, 4) is 0 Å². The van der Waals surface area contributed by atoms with Gasteiger partial charge in [0.05, 0.1) is 0 Å². The third-order valence-electron chi connectivity index (χ3n) is 5.19. The van der Waals surface area contributed by atoms with Gasteiger partial charge in [-0.1, -0.05) is 31.5 Å². The van der Waals surface area contributed by atoms with E-state index in [1.54, 1.807) is 4.90 Å². The first kappa shape index (κ1) is 16.0. The predicted octanol–water partition coefficient (Wildman–Crippen LogP) is 3.00. The molecule has 0 spiro atoms. The lowest BCUT2D eigenvalue weighted by molar-refractivity contribution is -0.142. The van der Waals surface area contributed by atoms with Crippen LogP contribution in [-0.2, 0) is 16.0 Å². The normalized spacial score (nSPS) is 21.0. The average molecular weight is 314 g/mol. The molecule has 4 nitrogen and oxygen atoms in total. The number of nitrogens with zero attached hydrogens (tertiary/aromatic N) is 2. The van der Waals surface area contributed by atoms with Gasteiger partial charge in [-0.25, -0.2) is 0 Å². The van der Waals surface area contributed by atoms with Gasteiger partial charge < -0.3 is 9.80 Å². The molecule has 0 bridgehead atoms. The number of hydrogen-bond acceptors (Lipinski definition) is 2. The predicted molar refractivity (Wildman–Crippen MR) is 91.3 cm³/mol. The van der Waals surface area contributed by atoms with Crippen LogP contribution < -0.4 is 4.90 Å². The van der Waals surface area contributed by atoms with Crippen LogP contribution in [0.15, 0.2) is 24.3 Å². The molecular formula is C19H26N2O2. The van der Waals surface area contributed by atoms with E-state index in [0.29, 0.717) is 12.8 Å². The summed E-state index contributed by atoms with van der Waals surface area (Å²) in [6.45, 7) is 4.91. The number of anilines is 1. The molecule has 2 amide bonds. The minimum Gasteiger partial charge on any atom is -0.345 e. The lowest BCUT2D eigenvalue weighted by Gasteiger charge is -2.29. The van der Waals surface area contributed by atoms with Crippen molar-refractivity contribution in [1.29, 1.82) is 0 Å². The van der Waals surface area contributed by atoms with Gasteiger partial charge in [0.15, 0.2) is 0 Å². The molecule has 4 heteroatoms. The highest BCUT2D eigenvalue weighted by Gasteiger charge is 2.60. The quantitative estimate of drug-likeness (QED) is 0.784. The van der Waals surface area contributed by atoms with Crippen molar-refractivity contribution in [1.82, 2.24) is 4.90 Å². The molecule has 0 aromatic heterocycles. The summed E-state index contributed by atoms with van der Waals surface area (Å²) in [5.74, 6) is 0.0100. The second-order valence-electron chi connectivity index (χ2n) is 7.02. The number of carbonyl (C=O) groups excluding carboxylic acids is 2. The Labute approximate surface area is 138 Å². The molecule has 1 unspecified atom stereocenters. The van der Waals surface area contributed by atoms with Gasteiger partial charge in [-0.15, -0.1) is 0 Å². The van der Waals surface area contributed by atoms with Crippen molar-refractivity contribution in [3.05, 3.63) is 29.8 Å². The van der Waals surface area contributed by atoms with Crippen LogP contribution in [0.5, 0.6) is 0 Å². The van der Waals surface area contributed by atoms with E-state index in [-0.39, 0.29) is 17.9 Å². The van der Waals surface area contributed by atoms with E-state index in [4.69, 9.17) is 0 Å². The molecule has 1 aliphatic carbocycles. The fourth-order valence-corrected chi connectivity index (χ4v) is 3.61. The number of rotatable bonds is 5. The minimum atomic E-state index is -0.797. The molecule has 0 saturated heterocycles. The van der Waals surface area contributed by atoms with Gasteiger partial charge >= 0.3 is 0 Å². The van der Waals surface area contributed by atoms with Crippen molar-refractivity contribution >= 4 is 17.5 Å². The van der Waals surface area contributed by atoms with Crippen molar-refractivity contribution in [2.45, 2.75) is 52.0 Å². The van der Waals surface area contributed by atoms with Crippen LogP contribution in [0.4, 0.5) is 5.69 Å². The molecule has 1 saturated carbocycles. The minimum absolute atomic E-state index is 0.00305. The first-order valence-corrected chi connectivity index (χ1v) is 8.68. The van der Waals surface area contributed by atoms with E-state index in [9.17, 15) is 9.59 Å². The Hall–Kier alpha value is -1.84. The third-order valence-corrected chi connectivity index (χ3v) is 5.19. The summed E-state index contributed by atoms with van der Waals surface area (Å²) in [6.07, 6.45) is 4.28. The largest absolute Gasteiger partial charge is 0.345 e. The van der Waals surface area contributed by atoms with Crippen LogP contribution in [0.3, 0.4) is 0 Å². The monoisotopic (exact) mass is 314 g/mol. The van der Waals surface area contributed by atoms with Crippen molar-refractivity contribution < 1.29 is 9.59 Å². The van der Waals surface area contributed by atoms with Crippen LogP contribution in [-0.4, -0.2) is 36.3 Å². The second-order valence-corrected chi connectivity index (χ2v) is 7.02. The van der Waals surface area contributed by atoms with Gasteiger partial charge in [-0.2, -0.15) is 0 Å². The maximum atomic E-state index is 13.2. The Balaban J connectivity index is 1.81. The van der Waals surface area contributed by atoms with E-state index in [1.807, 2.05) is 30.1 Å². The van der Waals surface area contributed by atoms with Gasteiger partial charge in [0.25, 0.3) is 0 Å². The van der Waals surface area contributed by atoms with Gasteiger partial charge in [0.2, 0.25) is 11.8 Å². The molecule has 1 fully saturated rings. The molecule has 1 atom stereocenters. The Bertz CT molecular complexity index is 622. The smallest absolute Gasteiger partial charge is 0.242 e. The summed E-state index contributed by atoms with van der Waals surface area (Å²) in [7, 11) is 1.83. The lowest BCUT2D eigenvalue weighted by Crippen LogP contribution is -2.48. The standard InChI is InChI=1S/C19H26N2O2/c1-4-5-12-20(3)17(22)19(10-11-19)18(23)21-14(2)13-15-8-6-7-9-16(15)21/h6-9,14H,4-5,10-13H2,1-3H3. The van der Waals surface area contributed by atoms with Crippen molar-refractivity contribution in [3.63, 3.8) is 0 Å². The van der Waals surface area contributed by atoms with Crippen LogP contribution in [0.1, 0.15) is 45.1 Å². The average Bonchev–Trinajstić information content (AvgIpc) is 3.29. The summed E-state index contributed by atoms with van der Waals surface area (Å²) in [5.41, 5.74) is 1.39. The molecule has 3 rings (SSSR count). The van der Waals surface area contributed by atoms with E-state index < -0.39 is 5.41 Å². The Kier molecular flexibility index (Phi) is 4.17. The van der Waals surface area contributed by atoms with E-state index in [0.717, 1.165) is 31.5 Å². The molecule has 1 aliphatic heterocycles. The second kappa shape index (κ2) is 5.99. The van der Waals surface area contributed by atoms with Gasteiger partial charge in [-0.3, -0.25) is 9.59 Å². The number of carbonyl (C=O) groups is 2. The lowest BCUT2D eigenvalue weighted by atomic mass is 10.0. The first-order valence-electron chi connectivity index (χ1n) is 8.68. The maximum Gasteiger partial charge on any atom is 0.242 e. The zero-order valence-electron chi connectivity index (χ0n) is 14.3. The topological polar surface area (TPSA) is 40.6 Å². The highest BCUT2D eigenvalue weighted by atomic mass is 16.2. The fraction of sp³-hybridized carbons (Fsp3) is 0.579. The maximum absolute atomic E-state index is 13.2. The summed E-state index contributed by atoms with van der Waals surface area (Å²) >= 11 is 0. The number of amides is 2. The Morgan fingerprint density at radius 2 is 2.00 bits per heavy atom. The zero-order chi connectivity index (χ0) is 16.6. The summed E-state index contributed by atoms with van der Waals surface area (Å²) < 4.78 is 0. The molecule has 1 aromatic rings. The molecule has 1 heterocycles. The molecule has 23 heavy (non-hydrogen) atoms. The molecule has 0 radical (unpaired) electrons. The third kappa shape index (κ3) is 2.64. The molecule has 2 aliphatic rings. The van der Waals surface area contributed by atoms with E-state index >= 15 is 0 Å². The van der Waals surface area contributed by atoms with Crippen LogP contribution in [0.2, 0.25) is 0 Å². The SMILES string of the molecule is CCCCN(C)C(=O)C1(C(=O)N2c3ccccc3CC2C)CC1. The molecule has 0 N–H and O–H groups in total. The molecule has 124 valence electrons. The Morgan fingerprint density at radius 3 is 2.65 bits per heavy atom. The van der Waals surface area contributed by atoms with Gasteiger partial charge in [0, 0.05) is 25.3 Å². The van der Waals surface area contributed by atoms with Crippen molar-refractivity contribution in [2.24, 2.45) is 5.41 Å². The van der Waals surface area contributed by atoms with E-state index in [1.165, 1.54) is 5.56 Å². The highest BCUT2D eigenvalue weighted by Crippen LogP contribution is 2.50. The summed E-state index contributed by atoms with van der Waals surface area (Å²) in [4.78, 5) is 29.6. The number of unbranched alkanes of at least 4 members (excludes halogenated alkanes) is 1. The van der Waals surface area contributed by atoms with Gasteiger partial charge in [0.1, 0.15) is 5.41 Å². The Morgan fingerprint density at radius 1 is 1.30 bits per heavy atom. The number of benzene rings is 1. The highest BCUT2D eigenvalue weighted by molar-refractivity contribution is 6.14. The van der Waals surface area contributed by atoms with Crippen LogP contribution in [0.25, 0.3) is 0 Å². The van der Waals surface area contributed by atoms with E-state index in [2.05, 4.69) is 19.9 Å². The van der Waals surface area contributed by atoms with Crippen LogP contribution >= 0.6 is 0 Å². The first-order chi connectivity index (χ1) is 11.0. The number of para-hydroxylation sites is 1. The van der Waals surface area contributed by atoms with Gasteiger partial charge in [-0.05, 0) is 44.2 Å². The fourth-order valence-electron chi connectivity index (χ4n) is 3.61. The summed E-state index contributed by atoms with van der Waals surface area (Å²) in [6, 6.07) is 8.18. The molecular weight excluding hydrogens is 288 g/mol. The number of fused-ring (bicyclic) bond motifs is 1. The molecule has 1 aromatic carbocycles. The van der Waals surface area contributed by atoms with Crippen LogP contribution in [0, 0.1) is 5.41 Å². The summed E-state index contributed by atoms with van der Waals surface area (Å²) in [5, 5.41) is 0. The number of hydrogen-bond donors (Lipinski definition) is 0. The van der Waals surface area contributed by atoms with Crippen molar-refractivity contribution in [2.75, 3.05) is 18.5 Å². The zero-order valence-corrected chi connectivity index (χ0v) is 14.3.